The van der Waals surface area contributed by atoms with Gasteiger partial charge in [-0.2, -0.15) is 0 Å². The molecule has 0 aliphatic heterocycles. The molecule has 0 aromatic carbocycles. The van der Waals surface area contributed by atoms with Crippen LogP contribution in [-0.2, 0) is 6.54 Å². The van der Waals surface area contributed by atoms with E-state index in [1.807, 2.05) is 55.1 Å². The maximum atomic E-state index is 9.95. The minimum atomic E-state index is -0.389. The third-order valence-electron chi connectivity index (χ3n) is 2.82. The molecule has 2 aromatic rings. The molecule has 17 heavy (non-hydrogen) atoms. The van der Waals surface area contributed by atoms with Crippen LogP contribution in [-0.4, -0.2) is 14.7 Å². The molecular formula is C14H18N2O. The average Bonchev–Trinajstić information content (AvgIpc) is 2.77. The molecule has 2 rings (SSSR count). The molecule has 3 heteroatoms. The fraction of sp³-hybridized carbons (Fsp3) is 0.357. The monoisotopic (exact) mass is 230 g/mol. The number of nitrogens with zero attached hydrogens (tertiary/aromatic N) is 2. The van der Waals surface area contributed by atoms with Crippen LogP contribution in [0, 0.1) is 5.92 Å². The fourth-order valence-electron chi connectivity index (χ4n) is 1.80. The molecule has 1 atom stereocenters. The largest absolute Gasteiger partial charge is 0.388 e. The number of aromatic nitrogens is 2. The summed E-state index contributed by atoms with van der Waals surface area (Å²) in [6.07, 6.45) is 5.37. The molecule has 0 spiro atoms. The molecule has 1 N–H and O–H groups in total. The van der Waals surface area contributed by atoms with Crippen molar-refractivity contribution in [2.24, 2.45) is 5.92 Å². The van der Waals surface area contributed by atoms with Crippen LogP contribution in [0.3, 0.4) is 0 Å². The normalized spacial score (nSPS) is 12.9. The second-order valence-electron chi connectivity index (χ2n) is 4.63. The fourth-order valence-corrected chi connectivity index (χ4v) is 1.80. The number of rotatable bonds is 4. The van der Waals surface area contributed by atoms with Gasteiger partial charge in [-0.1, -0.05) is 19.9 Å². The van der Waals surface area contributed by atoms with Crippen LogP contribution in [0.2, 0.25) is 0 Å². The molecule has 0 bridgehead atoms. The van der Waals surface area contributed by atoms with Crippen LogP contribution in [0.15, 0.2) is 42.9 Å². The maximum Gasteiger partial charge on any atom is 0.0827 e. The zero-order chi connectivity index (χ0) is 12.3. The standard InChI is InChI=1S/C14H18N2O/c1-11(2)14(17)12-6-8-16(9-12)10-13-5-3-4-7-15-13/h3-9,11,14,17H,10H2,1-2H3. The van der Waals surface area contributed by atoms with Gasteiger partial charge in [0.15, 0.2) is 0 Å². The van der Waals surface area contributed by atoms with Crippen molar-refractivity contribution in [2.75, 3.05) is 0 Å². The van der Waals surface area contributed by atoms with Crippen LogP contribution < -0.4 is 0 Å². The summed E-state index contributed by atoms with van der Waals surface area (Å²) in [5, 5.41) is 9.95. The Morgan fingerprint density at radius 2 is 2.12 bits per heavy atom. The average molecular weight is 230 g/mol. The highest BCUT2D eigenvalue weighted by Gasteiger charge is 2.12. The smallest absolute Gasteiger partial charge is 0.0827 e. The third-order valence-corrected chi connectivity index (χ3v) is 2.82. The van der Waals surface area contributed by atoms with E-state index in [0.717, 1.165) is 17.8 Å². The Morgan fingerprint density at radius 3 is 2.76 bits per heavy atom. The van der Waals surface area contributed by atoms with Crippen molar-refractivity contribution in [2.45, 2.75) is 26.5 Å². The molecule has 0 saturated heterocycles. The molecule has 0 amide bonds. The summed E-state index contributed by atoms with van der Waals surface area (Å²) in [6, 6.07) is 7.86. The van der Waals surface area contributed by atoms with E-state index in [2.05, 4.69) is 4.98 Å². The van der Waals surface area contributed by atoms with Gasteiger partial charge in [0.2, 0.25) is 0 Å². The summed E-state index contributed by atoms with van der Waals surface area (Å²) in [7, 11) is 0. The van der Waals surface area contributed by atoms with Gasteiger partial charge in [-0.25, -0.2) is 0 Å². The maximum absolute atomic E-state index is 9.95. The first kappa shape index (κ1) is 11.9. The van der Waals surface area contributed by atoms with Gasteiger partial charge in [0.25, 0.3) is 0 Å². The molecule has 2 heterocycles. The van der Waals surface area contributed by atoms with E-state index < -0.39 is 0 Å². The predicted octanol–water partition coefficient (Wildman–Crippen LogP) is 2.62. The summed E-state index contributed by atoms with van der Waals surface area (Å²) in [4.78, 5) is 4.28. The Bertz CT molecular complexity index is 462. The summed E-state index contributed by atoms with van der Waals surface area (Å²) in [5.74, 6) is 0.237. The Labute approximate surface area is 102 Å². The summed E-state index contributed by atoms with van der Waals surface area (Å²) < 4.78 is 2.04. The quantitative estimate of drug-likeness (QED) is 0.876. The SMILES string of the molecule is CC(C)C(O)c1ccn(Cc2ccccn2)c1. The molecule has 0 radical (unpaired) electrons. The second kappa shape index (κ2) is 5.15. The van der Waals surface area contributed by atoms with Gasteiger partial charge in [-0.3, -0.25) is 4.98 Å². The number of hydrogen-bond acceptors (Lipinski definition) is 2. The summed E-state index contributed by atoms with van der Waals surface area (Å²) in [6.45, 7) is 4.77. The highest BCUT2D eigenvalue weighted by molar-refractivity contribution is 5.15. The van der Waals surface area contributed by atoms with Crippen molar-refractivity contribution in [3.63, 3.8) is 0 Å². The van der Waals surface area contributed by atoms with Gasteiger partial charge in [-0.05, 0) is 29.7 Å². The minimum absolute atomic E-state index is 0.237. The summed E-state index contributed by atoms with van der Waals surface area (Å²) >= 11 is 0. The van der Waals surface area contributed by atoms with E-state index >= 15 is 0 Å². The van der Waals surface area contributed by atoms with E-state index in [9.17, 15) is 5.11 Å². The molecule has 0 saturated carbocycles. The van der Waals surface area contributed by atoms with E-state index in [1.165, 1.54) is 0 Å². The van der Waals surface area contributed by atoms with Gasteiger partial charge >= 0.3 is 0 Å². The van der Waals surface area contributed by atoms with Crippen molar-refractivity contribution in [3.8, 4) is 0 Å². The lowest BCUT2D eigenvalue weighted by Crippen LogP contribution is -2.04. The van der Waals surface area contributed by atoms with E-state index in [-0.39, 0.29) is 12.0 Å². The lowest BCUT2D eigenvalue weighted by atomic mass is 10.0. The lowest BCUT2D eigenvalue weighted by Gasteiger charge is -2.12. The molecule has 1 unspecified atom stereocenters. The third kappa shape index (κ3) is 2.94. The Hall–Kier alpha value is -1.61. The highest BCUT2D eigenvalue weighted by atomic mass is 16.3. The van der Waals surface area contributed by atoms with E-state index in [4.69, 9.17) is 0 Å². The van der Waals surface area contributed by atoms with Gasteiger partial charge in [0.05, 0.1) is 18.3 Å². The Balaban J connectivity index is 2.09. The predicted molar refractivity (Wildman–Crippen MR) is 67.6 cm³/mol. The number of pyridine rings is 1. The van der Waals surface area contributed by atoms with Gasteiger partial charge in [-0.15, -0.1) is 0 Å². The van der Waals surface area contributed by atoms with Crippen LogP contribution >= 0.6 is 0 Å². The first-order valence-corrected chi connectivity index (χ1v) is 5.90. The van der Waals surface area contributed by atoms with Gasteiger partial charge < -0.3 is 9.67 Å². The van der Waals surface area contributed by atoms with Crippen LogP contribution in [0.25, 0.3) is 0 Å². The highest BCUT2D eigenvalue weighted by Crippen LogP contribution is 2.21. The Kier molecular flexibility index (Phi) is 3.59. The lowest BCUT2D eigenvalue weighted by molar-refractivity contribution is 0.127. The number of aliphatic hydroxyl groups is 1. The van der Waals surface area contributed by atoms with E-state index in [1.54, 1.807) is 6.20 Å². The molecule has 0 aliphatic carbocycles. The zero-order valence-electron chi connectivity index (χ0n) is 10.2. The number of aliphatic hydroxyl groups excluding tert-OH is 1. The van der Waals surface area contributed by atoms with Crippen LogP contribution in [0.1, 0.15) is 31.2 Å². The molecule has 0 aliphatic rings. The summed E-state index contributed by atoms with van der Waals surface area (Å²) in [5.41, 5.74) is 1.99. The number of hydrogen-bond donors (Lipinski definition) is 1. The van der Waals surface area contributed by atoms with Crippen LogP contribution in [0.5, 0.6) is 0 Å². The minimum Gasteiger partial charge on any atom is -0.388 e. The second-order valence-corrected chi connectivity index (χ2v) is 4.63. The molecule has 0 fully saturated rings. The van der Waals surface area contributed by atoms with Crippen molar-refractivity contribution in [1.82, 2.24) is 9.55 Å². The van der Waals surface area contributed by atoms with Crippen molar-refractivity contribution >= 4 is 0 Å². The van der Waals surface area contributed by atoms with Crippen molar-refractivity contribution in [1.29, 1.82) is 0 Å². The molecule has 90 valence electrons. The van der Waals surface area contributed by atoms with Crippen molar-refractivity contribution < 1.29 is 5.11 Å². The van der Waals surface area contributed by atoms with Crippen LogP contribution in [0.4, 0.5) is 0 Å². The first-order chi connectivity index (χ1) is 8.16. The van der Waals surface area contributed by atoms with Gasteiger partial charge in [0, 0.05) is 18.6 Å². The molecule has 2 aromatic heterocycles. The first-order valence-electron chi connectivity index (χ1n) is 5.90. The topological polar surface area (TPSA) is 38.0 Å². The zero-order valence-corrected chi connectivity index (χ0v) is 10.2. The molecular weight excluding hydrogens is 212 g/mol. The van der Waals surface area contributed by atoms with E-state index in [0.29, 0.717) is 0 Å². The van der Waals surface area contributed by atoms with Crippen molar-refractivity contribution in [3.05, 3.63) is 54.1 Å². The van der Waals surface area contributed by atoms with Gasteiger partial charge in [0.1, 0.15) is 0 Å². The molecule has 3 nitrogen and oxygen atoms in total. The Morgan fingerprint density at radius 1 is 1.29 bits per heavy atom.